The van der Waals surface area contributed by atoms with Gasteiger partial charge >= 0.3 is 0 Å². The third-order valence-electron chi connectivity index (χ3n) is 4.27. The lowest BCUT2D eigenvalue weighted by Crippen LogP contribution is -2.44. The molecule has 1 unspecified atom stereocenters. The Kier molecular flexibility index (Phi) is 5.35. The van der Waals surface area contributed by atoms with Crippen molar-refractivity contribution in [3.63, 3.8) is 0 Å². The van der Waals surface area contributed by atoms with Crippen LogP contribution < -0.4 is 20.3 Å². The summed E-state index contributed by atoms with van der Waals surface area (Å²) in [4.78, 5) is 18.4. The van der Waals surface area contributed by atoms with E-state index in [1.807, 2.05) is 35.9 Å². The second kappa shape index (κ2) is 7.85. The highest BCUT2D eigenvalue weighted by molar-refractivity contribution is 5.97. The molecule has 1 aliphatic heterocycles. The Balaban J connectivity index is 1.59. The number of aryl methyl sites for hydroxylation is 1. The zero-order valence-corrected chi connectivity index (χ0v) is 15.1. The topological polar surface area (TPSA) is 96.7 Å². The van der Waals surface area contributed by atoms with Crippen LogP contribution >= 0.6 is 0 Å². The van der Waals surface area contributed by atoms with E-state index >= 15 is 0 Å². The minimum atomic E-state index is -0.0283. The third-order valence-corrected chi connectivity index (χ3v) is 4.27. The van der Waals surface area contributed by atoms with E-state index in [1.165, 1.54) is 0 Å². The first-order chi connectivity index (χ1) is 12.6. The summed E-state index contributed by atoms with van der Waals surface area (Å²) in [5.74, 6) is 2.22. The monoisotopic (exact) mass is 357 g/mol. The number of rotatable bonds is 5. The summed E-state index contributed by atoms with van der Waals surface area (Å²) in [6.07, 6.45) is 2.05. The lowest BCUT2D eigenvalue weighted by molar-refractivity contribution is -0.117. The molecule has 0 radical (unpaired) electrons. The molecule has 0 bridgehead atoms. The molecule has 0 aliphatic carbocycles. The number of benzene rings is 1. The molecule has 1 fully saturated rings. The number of hydrogen-bond donors (Lipinski definition) is 2. The summed E-state index contributed by atoms with van der Waals surface area (Å²) < 4.78 is 7.08. The first kappa shape index (κ1) is 17.7. The second-order valence-corrected chi connectivity index (χ2v) is 6.04. The SMILES string of the molecule is CN=C(NCc1nncn1C)NC1CC(=O)N(c2cccc(OC)c2)C1. The van der Waals surface area contributed by atoms with Crippen LogP contribution in [0.15, 0.2) is 35.6 Å². The van der Waals surface area contributed by atoms with Gasteiger partial charge < -0.3 is 24.8 Å². The molecule has 9 nitrogen and oxygen atoms in total. The number of aliphatic imine (C=N–C) groups is 1. The molecule has 9 heteroatoms. The van der Waals surface area contributed by atoms with E-state index in [2.05, 4.69) is 25.8 Å². The number of amides is 1. The normalized spacial score (nSPS) is 17.5. The maximum absolute atomic E-state index is 12.4. The minimum Gasteiger partial charge on any atom is -0.497 e. The second-order valence-electron chi connectivity index (χ2n) is 6.04. The fourth-order valence-electron chi connectivity index (χ4n) is 2.85. The highest BCUT2D eigenvalue weighted by atomic mass is 16.5. The lowest BCUT2D eigenvalue weighted by Gasteiger charge is -2.19. The van der Waals surface area contributed by atoms with Crippen LogP contribution in [0.4, 0.5) is 5.69 Å². The average molecular weight is 357 g/mol. The van der Waals surface area contributed by atoms with E-state index in [9.17, 15) is 4.79 Å². The van der Waals surface area contributed by atoms with Gasteiger partial charge in [0.1, 0.15) is 12.1 Å². The minimum absolute atomic E-state index is 0.0283. The molecule has 1 aromatic heterocycles. The molecule has 1 amide bonds. The van der Waals surface area contributed by atoms with E-state index in [0.717, 1.165) is 17.3 Å². The van der Waals surface area contributed by atoms with Gasteiger partial charge in [0.05, 0.1) is 19.7 Å². The van der Waals surface area contributed by atoms with Gasteiger partial charge in [-0.3, -0.25) is 9.79 Å². The Morgan fingerprint density at radius 2 is 2.31 bits per heavy atom. The van der Waals surface area contributed by atoms with Crippen LogP contribution in [0.2, 0.25) is 0 Å². The van der Waals surface area contributed by atoms with Gasteiger partial charge in [0, 0.05) is 38.8 Å². The molecule has 1 aromatic carbocycles. The number of methoxy groups -OCH3 is 1. The first-order valence-corrected chi connectivity index (χ1v) is 8.35. The largest absolute Gasteiger partial charge is 0.497 e. The lowest BCUT2D eigenvalue weighted by atomic mass is 10.2. The van der Waals surface area contributed by atoms with E-state index in [4.69, 9.17) is 4.74 Å². The number of carbonyl (C=O) groups is 1. The molecule has 2 aromatic rings. The van der Waals surface area contributed by atoms with Crippen molar-refractivity contribution in [2.75, 3.05) is 25.6 Å². The van der Waals surface area contributed by atoms with Crippen LogP contribution in [0.25, 0.3) is 0 Å². The molecule has 138 valence electrons. The highest BCUT2D eigenvalue weighted by Gasteiger charge is 2.31. The summed E-state index contributed by atoms with van der Waals surface area (Å²) in [6.45, 7) is 1.06. The quantitative estimate of drug-likeness (QED) is 0.590. The Hall–Kier alpha value is -3.10. The number of anilines is 1. The molecule has 0 saturated carbocycles. The number of nitrogens with one attached hydrogen (secondary N) is 2. The van der Waals surface area contributed by atoms with Gasteiger partial charge in [0.2, 0.25) is 5.91 Å². The van der Waals surface area contributed by atoms with Gasteiger partial charge in [-0.1, -0.05) is 6.07 Å². The van der Waals surface area contributed by atoms with Gasteiger partial charge in [-0.2, -0.15) is 0 Å². The summed E-state index contributed by atoms with van der Waals surface area (Å²) >= 11 is 0. The van der Waals surface area contributed by atoms with Gasteiger partial charge in [-0.15, -0.1) is 10.2 Å². The highest BCUT2D eigenvalue weighted by Crippen LogP contribution is 2.25. The van der Waals surface area contributed by atoms with Gasteiger partial charge in [0.25, 0.3) is 0 Å². The fourth-order valence-corrected chi connectivity index (χ4v) is 2.85. The van der Waals surface area contributed by atoms with Crippen molar-refractivity contribution in [2.45, 2.75) is 19.0 Å². The van der Waals surface area contributed by atoms with Crippen molar-refractivity contribution in [2.24, 2.45) is 12.0 Å². The van der Waals surface area contributed by atoms with E-state index in [-0.39, 0.29) is 11.9 Å². The van der Waals surface area contributed by atoms with Gasteiger partial charge in [0.15, 0.2) is 11.8 Å². The zero-order valence-electron chi connectivity index (χ0n) is 15.1. The molecule has 0 spiro atoms. The van der Waals surface area contributed by atoms with Gasteiger partial charge in [-0.05, 0) is 12.1 Å². The van der Waals surface area contributed by atoms with E-state index < -0.39 is 0 Å². The molecule has 2 heterocycles. The summed E-state index contributed by atoms with van der Waals surface area (Å²) in [5, 5.41) is 14.4. The van der Waals surface area contributed by atoms with Crippen LogP contribution in [-0.4, -0.2) is 53.4 Å². The Labute approximate surface area is 152 Å². The number of aromatic nitrogens is 3. The zero-order chi connectivity index (χ0) is 18.5. The Morgan fingerprint density at radius 3 is 3.00 bits per heavy atom. The predicted molar refractivity (Wildman–Crippen MR) is 98.1 cm³/mol. The molecule has 1 atom stereocenters. The van der Waals surface area contributed by atoms with E-state index in [0.29, 0.717) is 25.5 Å². The van der Waals surface area contributed by atoms with Crippen molar-refractivity contribution in [1.29, 1.82) is 0 Å². The Morgan fingerprint density at radius 1 is 1.46 bits per heavy atom. The number of nitrogens with zero attached hydrogens (tertiary/aromatic N) is 5. The van der Waals surface area contributed by atoms with Crippen molar-refractivity contribution < 1.29 is 9.53 Å². The molecule has 3 rings (SSSR count). The maximum atomic E-state index is 12.4. The summed E-state index contributed by atoms with van der Waals surface area (Å²) in [5.41, 5.74) is 0.834. The molecular formula is C17H23N7O2. The van der Waals surface area contributed by atoms with Crippen molar-refractivity contribution >= 4 is 17.6 Å². The van der Waals surface area contributed by atoms with Crippen molar-refractivity contribution in [1.82, 2.24) is 25.4 Å². The molecule has 2 N–H and O–H groups in total. The van der Waals surface area contributed by atoms with E-state index in [1.54, 1.807) is 25.4 Å². The fraction of sp³-hybridized carbons (Fsp3) is 0.412. The van der Waals surface area contributed by atoms with Crippen molar-refractivity contribution in [3.05, 3.63) is 36.4 Å². The van der Waals surface area contributed by atoms with Gasteiger partial charge in [-0.25, -0.2) is 0 Å². The maximum Gasteiger partial charge on any atom is 0.229 e. The molecule has 26 heavy (non-hydrogen) atoms. The number of hydrogen-bond acceptors (Lipinski definition) is 5. The number of ether oxygens (including phenoxy) is 1. The van der Waals surface area contributed by atoms with Crippen LogP contribution in [-0.2, 0) is 18.4 Å². The third kappa shape index (κ3) is 3.93. The number of carbonyl (C=O) groups excluding carboxylic acids is 1. The molecule has 1 aliphatic rings. The molecule has 1 saturated heterocycles. The van der Waals surface area contributed by atoms with Crippen LogP contribution in [0.5, 0.6) is 5.75 Å². The number of guanidine groups is 1. The van der Waals surface area contributed by atoms with Crippen LogP contribution in [0.3, 0.4) is 0 Å². The molecular weight excluding hydrogens is 334 g/mol. The predicted octanol–water partition coefficient (Wildman–Crippen LogP) is 0.294. The average Bonchev–Trinajstić information content (AvgIpc) is 3.23. The smallest absolute Gasteiger partial charge is 0.229 e. The summed E-state index contributed by atoms with van der Waals surface area (Å²) in [6, 6.07) is 7.48. The van der Waals surface area contributed by atoms with Crippen LogP contribution in [0.1, 0.15) is 12.2 Å². The van der Waals surface area contributed by atoms with Crippen LogP contribution in [0, 0.1) is 0 Å². The summed E-state index contributed by atoms with van der Waals surface area (Å²) in [7, 11) is 5.19. The first-order valence-electron chi connectivity index (χ1n) is 8.35. The van der Waals surface area contributed by atoms with Crippen molar-refractivity contribution in [3.8, 4) is 5.75 Å². The standard InChI is InChI=1S/C17H23N7O2/c1-18-17(19-9-15-22-20-11-23(15)2)21-12-7-16(25)24(10-12)13-5-4-6-14(8-13)26-3/h4-6,8,11-12H,7,9-10H2,1-3H3,(H2,18,19,21). The Bertz CT molecular complexity index is 802.